The van der Waals surface area contributed by atoms with E-state index >= 15 is 0 Å². The molecule has 0 aliphatic heterocycles. The maximum Gasteiger partial charge on any atom is 0.206 e. The minimum absolute atomic E-state index is 0.146. The summed E-state index contributed by atoms with van der Waals surface area (Å²) in [7, 11) is 0. The third-order valence-electron chi connectivity index (χ3n) is 0.848. The summed E-state index contributed by atoms with van der Waals surface area (Å²) < 4.78 is 1.69. The first-order chi connectivity index (χ1) is 3.93. The second-order valence-corrected chi connectivity index (χ2v) is 1.44. The molecule has 0 saturated heterocycles. The van der Waals surface area contributed by atoms with Crippen molar-refractivity contribution in [2.45, 2.75) is 6.54 Å². The monoisotopic (exact) mass is 114 g/mol. The topological polar surface area (TPSA) is 52.8 Å². The van der Waals surface area contributed by atoms with Crippen molar-refractivity contribution in [1.82, 2.24) is 10.3 Å². The van der Waals surface area contributed by atoms with Crippen molar-refractivity contribution in [3.8, 4) is 0 Å². The molecule has 4 heteroatoms. The van der Waals surface area contributed by atoms with E-state index in [0.29, 0.717) is 6.54 Å². The molecule has 0 fully saturated rings. The first kappa shape index (κ1) is 5.24. The van der Waals surface area contributed by atoms with Crippen molar-refractivity contribution in [3.63, 3.8) is 0 Å². The van der Waals surface area contributed by atoms with E-state index in [2.05, 4.69) is 10.3 Å². The summed E-state index contributed by atoms with van der Waals surface area (Å²) in [5, 5.41) is 14.7. The van der Waals surface area contributed by atoms with Crippen molar-refractivity contribution in [2.75, 3.05) is 6.61 Å². The molecule has 0 aliphatic carbocycles. The zero-order chi connectivity index (χ0) is 5.82. The van der Waals surface area contributed by atoms with Gasteiger partial charge in [-0.1, -0.05) is 5.21 Å². The molecule has 1 aromatic heterocycles. The van der Waals surface area contributed by atoms with E-state index in [9.17, 15) is 0 Å². The minimum Gasteiger partial charge on any atom is -0.392 e. The number of hydrogen-bond acceptors (Lipinski definition) is 2. The molecular formula is C4H8N3O+. The molecule has 0 aliphatic rings. The van der Waals surface area contributed by atoms with Crippen LogP contribution in [-0.4, -0.2) is 22.0 Å². The van der Waals surface area contributed by atoms with Crippen LogP contribution in [0.4, 0.5) is 0 Å². The van der Waals surface area contributed by atoms with Crippen LogP contribution in [0.1, 0.15) is 0 Å². The number of aromatic nitrogens is 3. The molecule has 0 saturated carbocycles. The number of aromatic amines is 1. The van der Waals surface area contributed by atoms with E-state index in [1.807, 2.05) is 0 Å². The number of aliphatic hydroxyl groups is 1. The van der Waals surface area contributed by atoms with Gasteiger partial charge in [0.1, 0.15) is 6.54 Å². The van der Waals surface area contributed by atoms with Crippen LogP contribution in [-0.2, 0) is 6.54 Å². The summed E-state index contributed by atoms with van der Waals surface area (Å²) >= 11 is 0. The largest absolute Gasteiger partial charge is 0.392 e. The first-order valence-corrected chi connectivity index (χ1v) is 2.43. The highest BCUT2D eigenvalue weighted by atomic mass is 16.3. The quantitative estimate of drug-likeness (QED) is 0.469. The molecule has 4 nitrogen and oxygen atoms in total. The fourth-order valence-electron chi connectivity index (χ4n) is 0.487. The van der Waals surface area contributed by atoms with Gasteiger partial charge >= 0.3 is 0 Å². The third-order valence-corrected chi connectivity index (χ3v) is 0.848. The van der Waals surface area contributed by atoms with Crippen LogP contribution in [0.25, 0.3) is 0 Å². The number of nitrogens with zero attached hydrogens (tertiary/aromatic N) is 2. The lowest BCUT2D eigenvalue weighted by atomic mass is 10.7. The molecule has 1 heterocycles. The molecule has 0 spiro atoms. The normalized spacial score (nSPS) is 9.62. The fourth-order valence-corrected chi connectivity index (χ4v) is 0.487. The van der Waals surface area contributed by atoms with E-state index in [-0.39, 0.29) is 6.61 Å². The molecule has 0 radical (unpaired) electrons. The highest BCUT2D eigenvalue weighted by molar-refractivity contribution is 4.47. The number of nitrogens with one attached hydrogen (secondary N) is 1. The SMILES string of the molecule is OCC[n+]1ccn[nH]1. The Bertz CT molecular complexity index is 137. The molecule has 0 aromatic carbocycles. The first-order valence-electron chi connectivity index (χ1n) is 2.43. The van der Waals surface area contributed by atoms with Crippen LogP contribution in [0.15, 0.2) is 12.4 Å². The average Bonchev–Trinajstić information content (AvgIpc) is 2.19. The minimum atomic E-state index is 0.146. The number of H-pyrrole nitrogens is 1. The average molecular weight is 114 g/mol. The highest BCUT2D eigenvalue weighted by Gasteiger charge is 1.92. The van der Waals surface area contributed by atoms with Gasteiger partial charge in [-0.2, -0.15) is 4.68 Å². The van der Waals surface area contributed by atoms with Crippen LogP contribution >= 0.6 is 0 Å². The molecule has 8 heavy (non-hydrogen) atoms. The summed E-state index contributed by atoms with van der Waals surface area (Å²) in [5.74, 6) is 0. The summed E-state index contributed by atoms with van der Waals surface area (Å²) in [6, 6.07) is 0. The molecule has 1 aromatic rings. The molecule has 0 bridgehead atoms. The van der Waals surface area contributed by atoms with Crippen LogP contribution in [0.5, 0.6) is 0 Å². The molecule has 0 unspecified atom stereocenters. The zero-order valence-corrected chi connectivity index (χ0v) is 4.41. The molecule has 0 atom stereocenters. The Kier molecular flexibility index (Phi) is 1.58. The van der Waals surface area contributed by atoms with Gasteiger partial charge in [0.2, 0.25) is 6.20 Å². The summed E-state index contributed by atoms with van der Waals surface area (Å²) in [6.45, 7) is 0.729. The Morgan fingerprint density at radius 3 is 3.12 bits per heavy atom. The van der Waals surface area contributed by atoms with Crippen molar-refractivity contribution >= 4 is 0 Å². The van der Waals surface area contributed by atoms with E-state index in [4.69, 9.17) is 5.11 Å². The van der Waals surface area contributed by atoms with Crippen LogP contribution in [0.3, 0.4) is 0 Å². The fraction of sp³-hybridized carbons (Fsp3) is 0.500. The molecule has 1 rings (SSSR count). The van der Waals surface area contributed by atoms with Crippen molar-refractivity contribution in [3.05, 3.63) is 12.4 Å². The Balaban J connectivity index is 2.50. The Labute approximate surface area is 46.8 Å². The van der Waals surface area contributed by atoms with Gasteiger partial charge in [-0.25, -0.2) is 0 Å². The maximum absolute atomic E-state index is 8.37. The van der Waals surface area contributed by atoms with Crippen LogP contribution in [0.2, 0.25) is 0 Å². The maximum atomic E-state index is 8.37. The lowest BCUT2D eigenvalue weighted by Gasteiger charge is -1.84. The van der Waals surface area contributed by atoms with Gasteiger partial charge in [-0.15, -0.1) is 0 Å². The van der Waals surface area contributed by atoms with Crippen molar-refractivity contribution in [1.29, 1.82) is 0 Å². The van der Waals surface area contributed by atoms with Gasteiger partial charge in [0.25, 0.3) is 0 Å². The lowest BCUT2D eigenvalue weighted by Crippen LogP contribution is -2.36. The zero-order valence-electron chi connectivity index (χ0n) is 4.41. The summed E-state index contributed by atoms with van der Waals surface area (Å²) in [5.41, 5.74) is 0. The predicted octanol–water partition coefficient (Wildman–Crippen LogP) is -1.31. The van der Waals surface area contributed by atoms with Crippen LogP contribution < -0.4 is 4.68 Å². The predicted molar refractivity (Wildman–Crippen MR) is 25.9 cm³/mol. The highest BCUT2D eigenvalue weighted by Crippen LogP contribution is 1.61. The second-order valence-electron chi connectivity index (χ2n) is 1.44. The Morgan fingerprint density at radius 1 is 1.75 bits per heavy atom. The smallest absolute Gasteiger partial charge is 0.206 e. The van der Waals surface area contributed by atoms with E-state index in [1.54, 1.807) is 17.1 Å². The van der Waals surface area contributed by atoms with Gasteiger partial charge in [0, 0.05) is 5.10 Å². The van der Waals surface area contributed by atoms with E-state index in [0.717, 1.165) is 0 Å². The van der Waals surface area contributed by atoms with Gasteiger partial charge in [-0.05, 0) is 0 Å². The van der Waals surface area contributed by atoms with E-state index in [1.165, 1.54) is 0 Å². The molecule has 2 N–H and O–H groups in total. The Hall–Kier alpha value is -0.900. The third kappa shape index (κ3) is 1.04. The summed E-state index contributed by atoms with van der Waals surface area (Å²) in [6.07, 6.45) is 3.39. The standard InChI is InChI=1S/C4H7N3O/c8-4-3-7-2-1-5-6-7/h1-2,8H,3-4H2/p+1. The molecule has 44 valence electrons. The van der Waals surface area contributed by atoms with Crippen LogP contribution in [0, 0.1) is 0 Å². The van der Waals surface area contributed by atoms with Crippen molar-refractivity contribution in [2.24, 2.45) is 0 Å². The molecule has 0 amide bonds. The van der Waals surface area contributed by atoms with Gasteiger partial charge < -0.3 is 5.11 Å². The van der Waals surface area contributed by atoms with Crippen molar-refractivity contribution < 1.29 is 9.79 Å². The number of hydrogen-bond donors (Lipinski definition) is 2. The van der Waals surface area contributed by atoms with Gasteiger partial charge in [-0.3, -0.25) is 0 Å². The summed E-state index contributed by atoms with van der Waals surface area (Å²) in [4.78, 5) is 0. The second kappa shape index (κ2) is 2.42. The van der Waals surface area contributed by atoms with E-state index < -0.39 is 0 Å². The number of aliphatic hydroxyl groups excluding tert-OH is 1. The molecular weight excluding hydrogens is 106 g/mol. The number of rotatable bonds is 2. The van der Waals surface area contributed by atoms with Gasteiger partial charge in [0.15, 0.2) is 6.20 Å². The Morgan fingerprint density at radius 2 is 2.62 bits per heavy atom. The van der Waals surface area contributed by atoms with Gasteiger partial charge in [0.05, 0.1) is 6.61 Å². The lowest BCUT2D eigenvalue weighted by molar-refractivity contribution is -0.754.